The van der Waals surface area contributed by atoms with Crippen molar-refractivity contribution in [3.63, 3.8) is 0 Å². The van der Waals surface area contributed by atoms with E-state index in [4.69, 9.17) is 0 Å². The van der Waals surface area contributed by atoms with Gasteiger partial charge in [-0.05, 0) is 35.4 Å². The average molecular weight is 339 g/mol. The Labute approximate surface area is 135 Å². The molecule has 0 atom stereocenters. The lowest BCUT2D eigenvalue weighted by atomic mass is 10.3. The van der Waals surface area contributed by atoms with Crippen LogP contribution in [0.4, 0.5) is 14.5 Å². The minimum Gasteiger partial charge on any atom is -0.325 e. The van der Waals surface area contributed by atoms with Crippen LogP contribution in [0.15, 0.2) is 23.4 Å². The first-order valence-corrected chi connectivity index (χ1v) is 8.27. The highest BCUT2D eigenvalue weighted by Gasteiger charge is 2.22. The van der Waals surface area contributed by atoms with E-state index in [2.05, 4.69) is 20.8 Å². The van der Waals surface area contributed by atoms with Crippen LogP contribution >= 0.6 is 11.8 Å². The van der Waals surface area contributed by atoms with Crippen LogP contribution in [0, 0.1) is 11.6 Å². The van der Waals surface area contributed by atoms with Crippen molar-refractivity contribution in [1.29, 1.82) is 0 Å². The Kier molecular flexibility index (Phi) is 4.85. The Balaban J connectivity index is 1.57. The predicted molar refractivity (Wildman–Crippen MR) is 81.0 cm³/mol. The van der Waals surface area contributed by atoms with E-state index >= 15 is 0 Å². The van der Waals surface area contributed by atoms with Crippen LogP contribution in [0.3, 0.4) is 0 Å². The number of aromatic nitrogens is 4. The standard InChI is InChI=1S/C14H15F2N5OS/c15-11-6-5-9(7-12(11)16)17-13(22)8-23-14-18-19-20-21(14)10-3-1-2-4-10/h5-7,10H,1-4,8H2,(H,17,22). The van der Waals surface area contributed by atoms with Gasteiger partial charge in [0, 0.05) is 11.8 Å². The number of rotatable bonds is 5. The Morgan fingerprint density at radius 2 is 2.09 bits per heavy atom. The summed E-state index contributed by atoms with van der Waals surface area (Å²) in [4.78, 5) is 11.9. The monoisotopic (exact) mass is 339 g/mol. The van der Waals surface area contributed by atoms with Crippen molar-refractivity contribution in [2.75, 3.05) is 11.1 Å². The fourth-order valence-corrected chi connectivity index (χ4v) is 3.30. The quantitative estimate of drug-likeness (QED) is 0.848. The van der Waals surface area contributed by atoms with Crippen molar-refractivity contribution in [2.45, 2.75) is 36.9 Å². The van der Waals surface area contributed by atoms with Crippen molar-refractivity contribution in [3.05, 3.63) is 29.8 Å². The van der Waals surface area contributed by atoms with E-state index in [1.54, 1.807) is 4.68 Å². The maximum atomic E-state index is 13.1. The molecule has 1 aliphatic rings. The first-order valence-electron chi connectivity index (χ1n) is 7.29. The van der Waals surface area contributed by atoms with Gasteiger partial charge in [0.25, 0.3) is 0 Å². The minimum atomic E-state index is -0.999. The lowest BCUT2D eigenvalue weighted by Gasteiger charge is -2.10. The number of nitrogens with zero attached hydrogens (tertiary/aromatic N) is 4. The zero-order valence-electron chi connectivity index (χ0n) is 12.2. The topological polar surface area (TPSA) is 72.7 Å². The van der Waals surface area contributed by atoms with Crippen molar-refractivity contribution in [1.82, 2.24) is 20.2 Å². The molecule has 1 N–H and O–H groups in total. The molecular formula is C14H15F2N5OS. The molecule has 0 aliphatic heterocycles. The van der Waals surface area contributed by atoms with Crippen LogP contribution in [0.5, 0.6) is 0 Å². The highest BCUT2D eigenvalue weighted by atomic mass is 32.2. The molecule has 0 radical (unpaired) electrons. The van der Waals surface area contributed by atoms with Crippen LogP contribution in [0.1, 0.15) is 31.7 Å². The number of amides is 1. The molecule has 122 valence electrons. The summed E-state index contributed by atoms with van der Waals surface area (Å²) in [7, 11) is 0. The van der Waals surface area contributed by atoms with Gasteiger partial charge in [-0.2, -0.15) is 0 Å². The van der Waals surface area contributed by atoms with Gasteiger partial charge in [-0.15, -0.1) is 5.10 Å². The smallest absolute Gasteiger partial charge is 0.234 e. The van der Waals surface area contributed by atoms with E-state index in [1.807, 2.05) is 0 Å². The third-order valence-electron chi connectivity index (χ3n) is 3.67. The molecule has 0 saturated heterocycles. The summed E-state index contributed by atoms with van der Waals surface area (Å²) in [5, 5.41) is 14.7. The number of halogens is 2. The maximum Gasteiger partial charge on any atom is 0.234 e. The number of nitrogens with one attached hydrogen (secondary N) is 1. The number of anilines is 1. The lowest BCUT2D eigenvalue weighted by molar-refractivity contribution is -0.113. The van der Waals surface area contributed by atoms with E-state index in [9.17, 15) is 13.6 Å². The van der Waals surface area contributed by atoms with E-state index < -0.39 is 11.6 Å². The molecule has 23 heavy (non-hydrogen) atoms. The molecule has 1 fully saturated rings. The lowest BCUT2D eigenvalue weighted by Crippen LogP contribution is -2.15. The molecule has 0 bridgehead atoms. The Hall–Kier alpha value is -2.03. The van der Waals surface area contributed by atoms with Gasteiger partial charge in [-0.3, -0.25) is 4.79 Å². The fraction of sp³-hybridized carbons (Fsp3) is 0.429. The summed E-state index contributed by atoms with van der Waals surface area (Å²) in [6.07, 6.45) is 4.40. The Morgan fingerprint density at radius 3 is 2.83 bits per heavy atom. The molecule has 1 amide bonds. The largest absolute Gasteiger partial charge is 0.325 e. The summed E-state index contributed by atoms with van der Waals surface area (Å²) < 4.78 is 27.7. The number of tetrazole rings is 1. The second kappa shape index (κ2) is 7.03. The summed E-state index contributed by atoms with van der Waals surface area (Å²) in [6, 6.07) is 3.52. The maximum absolute atomic E-state index is 13.1. The number of carbonyl (C=O) groups is 1. The molecule has 1 heterocycles. The van der Waals surface area contributed by atoms with Gasteiger partial charge in [-0.25, -0.2) is 13.5 Å². The number of hydrogen-bond donors (Lipinski definition) is 1. The van der Waals surface area contributed by atoms with Gasteiger partial charge < -0.3 is 5.32 Å². The first-order chi connectivity index (χ1) is 11.1. The van der Waals surface area contributed by atoms with E-state index in [1.165, 1.54) is 17.8 Å². The predicted octanol–water partition coefficient (Wildman–Crippen LogP) is 2.80. The van der Waals surface area contributed by atoms with Gasteiger partial charge in [0.05, 0.1) is 11.8 Å². The zero-order valence-corrected chi connectivity index (χ0v) is 13.0. The van der Waals surface area contributed by atoms with Crippen molar-refractivity contribution in [2.24, 2.45) is 0 Å². The Morgan fingerprint density at radius 1 is 1.30 bits per heavy atom. The number of thioether (sulfide) groups is 1. The fourth-order valence-electron chi connectivity index (χ4n) is 2.56. The second-order valence-corrected chi connectivity index (χ2v) is 6.25. The molecule has 1 aromatic carbocycles. The molecule has 2 aromatic rings. The third-order valence-corrected chi connectivity index (χ3v) is 4.60. The van der Waals surface area contributed by atoms with E-state index in [0.29, 0.717) is 11.2 Å². The van der Waals surface area contributed by atoms with Crippen molar-refractivity contribution >= 4 is 23.4 Å². The second-order valence-electron chi connectivity index (χ2n) is 5.31. The van der Waals surface area contributed by atoms with Crippen LogP contribution in [0.25, 0.3) is 0 Å². The van der Waals surface area contributed by atoms with Crippen molar-refractivity contribution < 1.29 is 13.6 Å². The number of hydrogen-bond acceptors (Lipinski definition) is 5. The molecule has 1 aromatic heterocycles. The molecule has 1 saturated carbocycles. The highest BCUT2D eigenvalue weighted by molar-refractivity contribution is 7.99. The van der Waals surface area contributed by atoms with Gasteiger partial charge in [0.15, 0.2) is 11.6 Å². The molecule has 6 nitrogen and oxygen atoms in total. The number of carbonyl (C=O) groups excluding carboxylic acids is 1. The van der Waals surface area contributed by atoms with E-state index in [0.717, 1.165) is 37.8 Å². The van der Waals surface area contributed by atoms with Crippen LogP contribution < -0.4 is 5.32 Å². The van der Waals surface area contributed by atoms with E-state index in [-0.39, 0.29) is 17.3 Å². The first kappa shape index (κ1) is 15.9. The molecular weight excluding hydrogens is 324 g/mol. The Bertz CT molecular complexity index is 702. The molecule has 1 aliphatic carbocycles. The number of benzene rings is 1. The molecule has 0 unspecified atom stereocenters. The summed E-state index contributed by atoms with van der Waals surface area (Å²) in [5.41, 5.74) is 0.213. The normalized spacial score (nSPS) is 15.0. The SMILES string of the molecule is O=C(CSc1nnnn1C1CCCC1)Nc1ccc(F)c(F)c1. The van der Waals surface area contributed by atoms with Gasteiger partial charge in [0.2, 0.25) is 11.1 Å². The zero-order chi connectivity index (χ0) is 16.2. The summed E-state index contributed by atoms with van der Waals surface area (Å²) >= 11 is 1.22. The van der Waals surface area contributed by atoms with Crippen LogP contribution in [-0.2, 0) is 4.79 Å². The van der Waals surface area contributed by atoms with Crippen LogP contribution in [0.2, 0.25) is 0 Å². The molecule has 9 heteroatoms. The summed E-state index contributed by atoms with van der Waals surface area (Å²) in [6.45, 7) is 0. The third kappa shape index (κ3) is 3.84. The van der Waals surface area contributed by atoms with Gasteiger partial charge >= 0.3 is 0 Å². The van der Waals surface area contributed by atoms with Gasteiger partial charge in [-0.1, -0.05) is 24.6 Å². The minimum absolute atomic E-state index is 0.0894. The molecule has 3 rings (SSSR count). The molecule has 0 spiro atoms. The average Bonchev–Trinajstić information content (AvgIpc) is 3.19. The van der Waals surface area contributed by atoms with Crippen LogP contribution in [-0.4, -0.2) is 31.9 Å². The highest BCUT2D eigenvalue weighted by Crippen LogP contribution is 2.31. The van der Waals surface area contributed by atoms with Crippen molar-refractivity contribution in [3.8, 4) is 0 Å². The van der Waals surface area contributed by atoms with Gasteiger partial charge in [0.1, 0.15) is 0 Å². The summed E-state index contributed by atoms with van der Waals surface area (Å²) in [5.74, 6) is -2.19.